The van der Waals surface area contributed by atoms with Crippen molar-refractivity contribution >= 4 is 30.7 Å². The molecule has 1 aromatic heterocycles. The highest BCUT2D eigenvalue weighted by Crippen LogP contribution is 1.84. The Hall–Kier alpha value is -0.550. The van der Waals surface area contributed by atoms with Gasteiger partial charge in [-0.25, -0.2) is 4.98 Å². The van der Waals surface area contributed by atoms with Crippen molar-refractivity contribution in [1.29, 1.82) is 0 Å². The quantitative estimate of drug-likeness (QED) is 0.577. The number of nitrogens with one attached hydrogen (secondary N) is 1. The monoisotopic (exact) mass is 161 g/mol. The molecule has 0 bridgehead atoms. The molecule has 9 heavy (non-hydrogen) atoms. The number of H-pyrrole nitrogens is 1. The van der Waals surface area contributed by atoms with Gasteiger partial charge in [-0.3, -0.25) is 0 Å². The minimum Gasteiger partial charge on any atom is -0.387 e. The van der Waals surface area contributed by atoms with Crippen molar-refractivity contribution in [3.05, 3.63) is 18.2 Å². The predicted molar refractivity (Wildman–Crippen MR) is 44.9 cm³/mol. The van der Waals surface area contributed by atoms with Crippen LogP contribution in [-0.4, -0.2) is 15.0 Å². The minimum atomic E-state index is 0. The van der Waals surface area contributed by atoms with Gasteiger partial charge in [0.2, 0.25) is 0 Å². The van der Waals surface area contributed by atoms with Crippen molar-refractivity contribution < 1.29 is 0 Å². The van der Waals surface area contributed by atoms with Crippen molar-refractivity contribution in [1.82, 2.24) is 9.97 Å². The van der Waals surface area contributed by atoms with E-state index in [0.29, 0.717) is 10.8 Å². The van der Waals surface area contributed by atoms with Gasteiger partial charge in [0, 0.05) is 12.4 Å². The Morgan fingerprint density at radius 2 is 2.44 bits per heavy atom. The number of nitrogens with zero attached hydrogens (tertiary/aromatic N) is 1. The van der Waals surface area contributed by atoms with Crippen molar-refractivity contribution in [2.24, 2.45) is 5.73 Å². The van der Waals surface area contributed by atoms with Gasteiger partial charge in [0.15, 0.2) is 5.82 Å². The van der Waals surface area contributed by atoms with E-state index in [1.807, 2.05) is 0 Å². The number of thiocarbonyl (C=S) groups is 1. The second kappa shape index (κ2) is 3.47. The number of rotatable bonds is 1. The number of nitrogens with two attached hydrogens (primary N) is 1. The minimum absolute atomic E-state index is 0. The Balaban J connectivity index is 0.000000640. The normalized spacial score (nSPS) is 8.00. The van der Waals surface area contributed by atoms with Gasteiger partial charge >= 0.3 is 0 Å². The Morgan fingerprint density at radius 3 is 2.67 bits per heavy atom. The second-order valence-corrected chi connectivity index (χ2v) is 1.74. The molecule has 0 saturated carbocycles. The lowest BCUT2D eigenvalue weighted by molar-refractivity contribution is 1.26. The highest BCUT2D eigenvalue weighted by Gasteiger charge is 1.92. The van der Waals surface area contributed by atoms with Crippen LogP contribution in [0.1, 0.15) is 5.82 Å². The molecular weight excluding hydrogens is 154 g/mol. The number of hydrogen-bond acceptors (Lipinski definition) is 2. The van der Waals surface area contributed by atoms with E-state index in [-0.39, 0.29) is 13.5 Å². The van der Waals surface area contributed by atoms with Gasteiger partial charge in [0.25, 0.3) is 0 Å². The molecule has 1 aromatic rings. The van der Waals surface area contributed by atoms with Crippen LogP contribution in [0, 0.1) is 0 Å². The Bertz CT molecular complexity index is 182. The van der Waals surface area contributed by atoms with Gasteiger partial charge in [0.1, 0.15) is 4.99 Å². The summed E-state index contributed by atoms with van der Waals surface area (Å²) in [5, 5.41) is 0. The molecule has 5 heteroatoms. The second-order valence-electron chi connectivity index (χ2n) is 1.30. The fourth-order valence-electron chi connectivity index (χ4n) is 0.400. The molecular formula is C4H7N3S2. The van der Waals surface area contributed by atoms with Crippen LogP contribution in [0.5, 0.6) is 0 Å². The fraction of sp³-hybridized carbons (Fsp3) is 0. The smallest absolute Gasteiger partial charge is 0.164 e. The third-order valence-corrected chi connectivity index (χ3v) is 0.925. The number of aromatic nitrogens is 2. The van der Waals surface area contributed by atoms with Crippen LogP contribution in [-0.2, 0) is 0 Å². The van der Waals surface area contributed by atoms with Crippen LogP contribution in [0.25, 0.3) is 0 Å². The van der Waals surface area contributed by atoms with E-state index in [4.69, 9.17) is 5.73 Å². The molecule has 1 rings (SSSR count). The van der Waals surface area contributed by atoms with Crippen molar-refractivity contribution in [2.75, 3.05) is 0 Å². The molecule has 50 valence electrons. The maximum Gasteiger partial charge on any atom is 0.164 e. The third kappa shape index (κ3) is 2.03. The predicted octanol–water partition coefficient (Wildman–Crippen LogP) is 0.157. The van der Waals surface area contributed by atoms with Crippen LogP contribution in [0.15, 0.2) is 12.4 Å². The Kier molecular flexibility index (Phi) is 3.26. The summed E-state index contributed by atoms with van der Waals surface area (Å²) in [6.07, 6.45) is 3.28. The van der Waals surface area contributed by atoms with E-state index in [1.54, 1.807) is 12.4 Å². The highest BCUT2D eigenvalue weighted by molar-refractivity contribution is 7.80. The fourth-order valence-corrected chi connectivity index (χ4v) is 0.512. The number of hydrogen-bond donors (Lipinski definition) is 2. The lowest BCUT2D eigenvalue weighted by atomic mass is 10.6. The lowest BCUT2D eigenvalue weighted by Gasteiger charge is -1.84. The summed E-state index contributed by atoms with van der Waals surface area (Å²) in [4.78, 5) is 6.85. The molecule has 0 atom stereocenters. The summed E-state index contributed by atoms with van der Waals surface area (Å²) in [7, 11) is 0. The maximum atomic E-state index is 5.20. The van der Waals surface area contributed by atoms with E-state index >= 15 is 0 Å². The molecule has 0 spiro atoms. The van der Waals surface area contributed by atoms with Gasteiger partial charge in [-0.15, -0.1) is 0 Å². The van der Waals surface area contributed by atoms with Crippen molar-refractivity contribution in [3.8, 4) is 0 Å². The highest BCUT2D eigenvalue weighted by atomic mass is 32.1. The summed E-state index contributed by atoms with van der Waals surface area (Å²) in [6, 6.07) is 0. The van der Waals surface area contributed by atoms with E-state index < -0.39 is 0 Å². The molecule has 0 saturated heterocycles. The summed E-state index contributed by atoms with van der Waals surface area (Å²) in [5.74, 6) is 0.569. The molecule has 0 unspecified atom stereocenters. The van der Waals surface area contributed by atoms with Crippen LogP contribution >= 0.6 is 25.7 Å². The molecule has 1 heterocycles. The molecule has 0 amide bonds. The molecule has 3 nitrogen and oxygen atoms in total. The Morgan fingerprint density at radius 1 is 1.78 bits per heavy atom. The third-order valence-electron chi connectivity index (χ3n) is 0.732. The summed E-state index contributed by atoms with van der Waals surface area (Å²) < 4.78 is 0. The molecule has 0 aromatic carbocycles. The SMILES string of the molecule is NC(=S)c1ncc[nH]1.S. The first kappa shape index (κ1) is 8.45. The van der Waals surface area contributed by atoms with Gasteiger partial charge in [-0.2, -0.15) is 13.5 Å². The molecule has 0 aliphatic heterocycles. The van der Waals surface area contributed by atoms with Crippen LogP contribution in [0.3, 0.4) is 0 Å². The first-order chi connectivity index (χ1) is 3.80. The van der Waals surface area contributed by atoms with Gasteiger partial charge in [0.05, 0.1) is 0 Å². The van der Waals surface area contributed by atoms with Crippen LogP contribution in [0.4, 0.5) is 0 Å². The average Bonchev–Trinajstić information content (AvgIpc) is 2.12. The van der Waals surface area contributed by atoms with Crippen LogP contribution < -0.4 is 5.73 Å². The standard InChI is InChI=1S/C4H5N3S.H2S/c5-3(8)4-6-1-2-7-4;/h1-2H,(H2,5,8)(H,6,7);1H2. The van der Waals surface area contributed by atoms with E-state index in [9.17, 15) is 0 Å². The molecule has 0 fully saturated rings. The van der Waals surface area contributed by atoms with E-state index in [0.717, 1.165) is 0 Å². The van der Waals surface area contributed by atoms with E-state index in [1.165, 1.54) is 0 Å². The van der Waals surface area contributed by atoms with E-state index in [2.05, 4.69) is 22.2 Å². The van der Waals surface area contributed by atoms with Crippen molar-refractivity contribution in [2.45, 2.75) is 0 Å². The molecule has 0 aliphatic rings. The lowest BCUT2D eigenvalue weighted by Crippen LogP contribution is -2.10. The Labute approximate surface area is 65.1 Å². The zero-order chi connectivity index (χ0) is 5.98. The zero-order valence-corrected chi connectivity index (χ0v) is 6.40. The maximum absolute atomic E-state index is 5.20. The first-order valence-corrected chi connectivity index (χ1v) is 2.50. The average molecular weight is 161 g/mol. The zero-order valence-electron chi connectivity index (χ0n) is 4.59. The molecule has 0 radical (unpaired) electrons. The topological polar surface area (TPSA) is 54.7 Å². The summed E-state index contributed by atoms with van der Waals surface area (Å²) >= 11 is 4.60. The largest absolute Gasteiger partial charge is 0.387 e. The van der Waals surface area contributed by atoms with Crippen LogP contribution in [0.2, 0.25) is 0 Å². The van der Waals surface area contributed by atoms with Gasteiger partial charge in [-0.1, -0.05) is 12.2 Å². The first-order valence-electron chi connectivity index (χ1n) is 2.10. The number of aromatic amines is 1. The summed E-state index contributed by atoms with van der Waals surface area (Å²) in [6.45, 7) is 0. The van der Waals surface area contributed by atoms with Crippen molar-refractivity contribution in [3.63, 3.8) is 0 Å². The number of imidazole rings is 1. The summed E-state index contributed by atoms with van der Waals surface area (Å²) in [5.41, 5.74) is 5.20. The molecule has 0 aliphatic carbocycles. The van der Waals surface area contributed by atoms with Gasteiger partial charge < -0.3 is 10.7 Å². The molecule has 3 N–H and O–H groups in total. The van der Waals surface area contributed by atoms with Gasteiger partial charge in [-0.05, 0) is 0 Å².